The summed E-state index contributed by atoms with van der Waals surface area (Å²) in [6.07, 6.45) is 1.86. The van der Waals surface area contributed by atoms with Crippen LogP contribution in [-0.4, -0.2) is 19.6 Å². The topological polar surface area (TPSA) is 52.7 Å². The molecule has 90 valence electrons. The summed E-state index contributed by atoms with van der Waals surface area (Å²) in [6.45, 7) is 4.49. The fourth-order valence-electron chi connectivity index (χ4n) is 1.45. The normalized spacial score (nSPS) is 11.1. The summed E-state index contributed by atoms with van der Waals surface area (Å²) in [5.41, 5.74) is 0.714. The molecule has 0 N–H and O–H groups in total. The Labute approximate surface area is 107 Å². The van der Waals surface area contributed by atoms with Gasteiger partial charge < -0.3 is 0 Å². The summed E-state index contributed by atoms with van der Waals surface area (Å²) in [7, 11) is 0. The highest BCUT2D eigenvalue weighted by Gasteiger charge is 2.07. The highest BCUT2D eigenvalue weighted by Crippen LogP contribution is 2.09. The molecule has 0 aliphatic heterocycles. The van der Waals surface area contributed by atoms with Crippen LogP contribution in [0.3, 0.4) is 0 Å². The van der Waals surface area contributed by atoms with Crippen LogP contribution in [0.25, 0.3) is 0 Å². The van der Waals surface area contributed by atoms with Gasteiger partial charge in [-0.3, -0.25) is 9.36 Å². The number of halogens is 1. The largest absolute Gasteiger partial charge is 0.297 e. The second-order valence-corrected chi connectivity index (χ2v) is 4.87. The molecule has 0 unspecified atom stereocenters. The minimum absolute atomic E-state index is 0.0570. The van der Waals surface area contributed by atoms with Gasteiger partial charge >= 0.3 is 0 Å². The van der Waals surface area contributed by atoms with E-state index >= 15 is 0 Å². The fraction of sp³-hybridized carbons (Fsp3) is 0.364. The molecular weight excluding hydrogens is 284 g/mol. The van der Waals surface area contributed by atoms with E-state index in [1.807, 2.05) is 26.1 Å². The first kappa shape index (κ1) is 12.0. The van der Waals surface area contributed by atoms with Crippen LogP contribution in [0.15, 0.2) is 33.8 Å². The molecule has 2 aromatic heterocycles. The van der Waals surface area contributed by atoms with Gasteiger partial charge in [0.25, 0.3) is 5.56 Å². The number of aromatic nitrogens is 4. The van der Waals surface area contributed by atoms with Crippen LogP contribution in [0.2, 0.25) is 0 Å². The van der Waals surface area contributed by atoms with Crippen LogP contribution < -0.4 is 5.56 Å². The first-order valence-corrected chi connectivity index (χ1v) is 6.13. The molecular formula is C11H13BrN4O. The Bertz CT molecular complexity index is 573. The predicted molar refractivity (Wildman–Crippen MR) is 67.9 cm³/mol. The van der Waals surface area contributed by atoms with Gasteiger partial charge in [0.15, 0.2) is 0 Å². The van der Waals surface area contributed by atoms with Gasteiger partial charge in [-0.15, -0.1) is 5.10 Å². The summed E-state index contributed by atoms with van der Waals surface area (Å²) in [6, 6.07) is 5.34. The van der Waals surface area contributed by atoms with Gasteiger partial charge in [0, 0.05) is 12.1 Å². The van der Waals surface area contributed by atoms with E-state index in [0.29, 0.717) is 6.54 Å². The minimum Gasteiger partial charge on any atom is -0.297 e. The van der Waals surface area contributed by atoms with E-state index in [1.165, 1.54) is 6.07 Å². The lowest BCUT2D eigenvalue weighted by Crippen LogP contribution is -2.20. The van der Waals surface area contributed by atoms with Crippen molar-refractivity contribution in [2.75, 3.05) is 0 Å². The summed E-state index contributed by atoms with van der Waals surface area (Å²) in [5.74, 6) is 0. The van der Waals surface area contributed by atoms with E-state index in [4.69, 9.17) is 0 Å². The molecule has 0 aliphatic carbocycles. The Morgan fingerprint density at radius 1 is 1.41 bits per heavy atom. The maximum atomic E-state index is 11.7. The van der Waals surface area contributed by atoms with Gasteiger partial charge in [-0.05, 0) is 35.8 Å². The van der Waals surface area contributed by atoms with E-state index in [9.17, 15) is 4.79 Å². The highest BCUT2D eigenvalue weighted by atomic mass is 79.9. The molecule has 2 aromatic rings. The van der Waals surface area contributed by atoms with E-state index in [1.54, 1.807) is 15.3 Å². The van der Waals surface area contributed by atoms with Crippen molar-refractivity contribution in [2.24, 2.45) is 0 Å². The van der Waals surface area contributed by atoms with Crippen LogP contribution in [-0.2, 0) is 6.54 Å². The second-order valence-electron chi connectivity index (χ2n) is 4.06. The Hall–Kier alpha value is -1.43. The molecule has 6 heteroatoms. The van der Waals surface area contributed by atoms with Crippen molar-refractivity contribution in [3.8, 4) is 0 Å². The summed E-state index contributed by atoms with van der Waals surface area (Å²) in [5, 5.41) is 8.05. The van der Waals surface area contributed by atoms with Crippen molar-refractivity contribution in [1.82, 2.24) is 19.6 Å². The van der Waals surface area contributed by atoms with Gasteiger partial charge in [-0.2, -0.15) is 0 Å². The smallest absolute Gasteiger partial charge is 0.251 e. The van der Waals surface area contributed by atoms with Crippen LogP contribution in [0.1, 0.15) is 25.6 Å². The molecule has 2 heterocycles. The van der Waals surface area contributed by atoms with Gasteiger partial charge in [-0.25, -0.2) is 4.68 Å². The number of nitrogens with zero attached hydrogens (tertiary/aromatic N) is 4. The Balaban J connectivity index is 2.29. The van der Waals surface area contributed by atoms with Gasteiger partial charge in [0.2, 0.25) is 0 Å². The molecule has 0 aromatic carbocycles. The zero-order valence-electron chi connectivity index (χ0n) is 9.67. The molecule has 17 heavy (non-hydrogen) atoms. The maximum absolute atomic E-state index is 11.7. The predicted octanol–water partition coefficient (Wildman–Crippen LogP) is 1.83. The summed E-state index contributed by atoms with van der Waals surface area (Å²) < 4.78 is 4.12. The SMILES string of the molecule is CC(C)n1cc(Cn2c(Br)cccc2=O)nn1. The molecule has 0 amide bonds. The average molecular weight is 297 g/mol. The third-order valence-electron chi connectivity index (χ3n) is 2.40. The summed E-state index contributed by atoms with van der Waals surface area (Å²) >= 11 is 3.35. The number of pyridine rings is 1. The molecule has 0 aliphatic rings. The molecule has 0 saturated carbocycles. The van der Waals surface area contributed by atoms with Crippen LogP contribution in [0, 0.1) is 0 Å². The highest BCUT2D eigenvalue weighted by molar-refractivity contribution is 9.10. The fourth-order valence-corrected chi connectivity index (χ4v) is 1.90. The second kappa shape index (κ2) is 4.83. The standard InChI is InChI=1S/C11H13BrN4O/c1-8(2)16-7-9(13-14-16)6-15-10(12)4-3-5-11(15)17/h3-5,7-8H,6H2,1-2H3. The van der Waals surface area contributed by atoms with Gasteiger partial charge in [-0.1, -0.05) is 11.3 Å². The van der Waals surface area contributed by atoms with E-state index < -0.39 is 0 Å². The molecule has 0 fully saturated rings. The lowest BCUT2D eigenvalue weighted by Gasteiger charge is -2.05. The van der Waals surface area contributed by atoms with Crippen molar-refractivity contribution in [3.63, 3.8) is 0 Å². The van der Waals surface area contributed by atoms with Crippen molar-refractivity contribution in [3.05, 3.63) is 45.0 Å². The maximum Gasteiger partial charge on any atom is 0.251 e. The Morgan fingerprint density at radius 3 is 2.76 bits per heavy atom. The summed E-state index contributed by atoms with van der Waals surface area (Å²) in [4.78, 5) is 11.7. The van der Waals surface area contributed by atoms with Crippen molar-refractivity contribution in [1.29, 1.82) is 0 Å². The number of hydrogen-bond acceptors (Lipinski definition) is 3. The van der Waals surface area contributed by atoms with Crippen molar-refractivity contribution < 1.29 is 0 Å². The van der Waals surface area contributed by atoms with Crippen molar-refractivity contribution >= 4 is 15.9 Å². The monoisotopic (exact) mass is 296 g/mol. The minimum atomic E-state index is -0.0570. The first-order chi connectivity index (χ1) is 8.08. The first-order valence-electron chi connectivity index (χ1n) is 5.34. The lowest BCUT2D eigenvalue weighted by atomic mass is 10.4. The molecule has 5 nitrogen and oxygen atoms in total. The van der Waals surface area contributed by atoms with Crippen LogP contribution >= 0.6 is 15.9 Å². The van der Waals surface area contributed by atoms with E-state index in [0.717, 1.165) is 10.3 Å². The van der Waals surface area contributed by atoms with Crippen molar-refractivity contribution in [2.45, 2.75) is 26.4 Å². The quantitative estimate of drug-likeness (QED) is 0.812. The third-order valence-corrected chi connectivity index (χ3v) is 3.10. The molecule has 0 spiro atoms. The Kier molecular flexibility index (Phi) is 3.42. The molecule has 0 saturated heterocycles. The zero-order chi connectivity index (χ0) is 12.4. The number of hydrogen-bond donors (Lipinski definition) is 0. The van der Waals surface area contributed by atoms with Gasteiger partial charge in [0.05, 0.1) is 17.3 Å². The Morgan fingerprint density at radius 2 is 2.18 bits per heavy atom. The molecule has 0 radical (unpaired) electrons. The van der Waals surface area contributed by atoms with E-state index in [-0.39, 0.29) is 11.6 Å². The zero-order valence-corrected chi connectivity index (χ0v) is 11.3. The van der Waals surface area contributed by atoms with Gasteiger partial charge in [0.1, 0.15) is 5.69 Å². The van der Waals surface area contributed by atoms with E-state index in [2.05, 4.69) is 26.2 Å². The molecule has 2 rings (SSSR count). The molecule has 0 bridgehead atoms. The average Bonchev–Trinajstić information content (AvgIpc) is 2.72. The lowest BCUT2D eigenvalue weighted by molar-refractivity contribution is 0.514. The number of rotatable bonds is 3. The third kappa shape index (κ3) is 2.63. The molecule has 0 atom stereocenters. The van der Waals surface area contributed by atoms with Crippen LogP contribution in [0.4, 0.5) is 0 Å². The van der Waals surface area contributed by atoms with Crippen LogP contribution in [0.5, 0.6) is 0 Å².